The number of hydrazone groups is 1. The van der Waals surface area contributed by atoms with Gasteiger partial charge in [-0.05, 0) is 42.6 Å². The van der Waals surface area contributed by atoms with Gasteiger partial charge in [-0.15, -0.1) is 11.3 Å². The van der Waals surface area contributed by atoms with Crippen LogP contribution in [-0.4, -0.2) is 23.0 Å². The van der Waals surface area contributed by atoms with Crippen LogP contribution in [0.15, 0.2) is 76.8 Å². The third-order valence-corrected chi connectivity index (χ3v) is 5.89. The number of halogens is 1. The van der Waals surface area contributed by atoms with Crippen LogP contribution in [-0.2, 0) is 4.79 Å². The van der Waals surface area contributed by atoms with E-state index < -0.39 is 11.8 Å². The molecule has 0 aliphatic heterocycles. The van der Waals surface area contributed by atoms with E-state index in [1.54, 1.807) is 36.6 Å². The summed E-state index contributed by atoms with van der Waals surface area (Å²) in [5, 5.41) is 9.95. The van der Waals surface area contributed by atoms with Crippen LogP contribution in [0.1, 0.15) is 26.5 Å². The molecule has 2 aromatic heterocycles. The summed E-state index contributed by atoms with van der Waals surface area (Å²) >= 11 is 7.57. The minimum Gasteiger partial charge on any atom is -0.358 e. The Morgan fingerprint density at radius 3 is 2.62 bits per heavy atom. The summed E-state index contributed by atoms with van der Waals surface area (Å²) in [6.07, 6.45) is 3.19. The third-order valence-electron chi connectivity index (χ3n) is 4.74. The molecule has 0 radical (unpaired) electrons. The van der Waals surface area contributed by atoms with E-state index in [9.17, 15) is 9.59 Å². The van der Waals surface area contributed by atoms with E-state index in [0.29, 0.717) is 5.02 Å². The number of fused-ring (bicyclic) bond motifs is 1. The van der Waals surface area contributed by atoms with Crippen molar-refractivity contribution in [3.63, 3.8) is 0 Å². The second-order valence-corrected chi connectivity index (χ2v) is 8.30. The van der Waals surface area contributed by atoms with E-state index in [1.165, 1.54) is 11.3 Å². The lowest BCUT2D eigenvalue weighted by atomic mass is 10.1. The molecule has 0 unspecified atom stereocenters. The molecule has 8 heteroatoms. The fourth-order valence-electron chi connectivity index (χ4n) is 3.19. The number of aromatic nitrogens is 1. The largest absolute Gasteiger partial charge is 0.358 e. The number of amides is 2. The Labute approximate surface area is 193 Å². The van der Waals surface area contributed by atoms with Crippen molar-refractivity contribution in [1.82, 2.24) is 15.7 Å². The number of hydrogen-bond acceptors (Lipinski definition) is 4. The molecule has 160 valence electrons. The number of para-hydroxylation sites is 1. The van der Waals surface area contributed by atoms with Gasteiger partial charge in [-0.25, -0.2) is 5.43 Å². The van der Waals surface area contributed by atoms with Gasteiger partial charge in [-0.1, -0.05) is 48.0 Å². The Morgan fingerprint density at radius 1 is 1.06 bits per heavy atom. The van der Waals surface area contributed by atoms with Gasteiger partial charge >= 0.3 is 0 Å². The number of carbonyl (C=O) groups excluding carboxylic acids is 2. The number of nitrogens with zero attached hydrogens (tertiary/aromatic N) is 1. The predicted molar refractivity (Wildman–Crippen MR) is 130 cm³/mol. The van der Waals surface area contributed by atoms with Crippen molar-refractivity contribution < 1.29 is 9.59 Å². The number of H-pyrrole nitrogens is 1. The quantitative estimate of drug-likeness (QED) is 0.211. The van der Waals surface area contributed by atoms with Crippen molar-refractivity contribution in [2.75, 3.05) is 0 Å². The van der Waals surface area contributed by atoms with E-state index in [1.807, 2.05) is 48.7 Å². The standard InChI is InChI=1S/C24H19ClN4O2S/c1-15-19(17-8-3-5-11-21(17)27-15)14-26-29-24(31)22(13-16-7-6-12-32-16)28-23(30)18-9-2-4-10-20(18)25/h2-14,27H,1H3,(H,28,30)(H,29,31). The van der Waals surface area contributed by atoms with E-state index in [2.05, 4.69) is 20.8 Å². The zero-order valence-electron chi connectivity index (χ0n) is 17.1. The second-order valence-electron chi connectivity index (χ2n) is 6.92. The summed E-state index contributed by atoms with van der Waals surface area (Å²) in [7, 11) is 0. The summed E-state index contributed by atoms with van der Waals surface area (Å²) in [5.41, 5.74) is 5.64. The lowest BCUT2D eigenvalue weighted by molar-refractivity contribution is -0.117. The normalized spacial score (nSPS) is 11.8. The maximum absolute atomic E-state index is 12.9. The molecule has 0 fully saturated rings. The first kappa shape index (κ1) is 21.5. The van der Waals surface area contributed by atoms with E-state index in [4.69, 9.17) is 11.6 Å². The number of benzene rings is 2. The van der Waals surface area contributed by atoms with Crippen LogP contribution in [0.4, 0.5) is 0 Å². The Balaban J connectivity index is 1.55. The summed E-state index contributed by atoms with van der Waals surface area (Å²) in [4.78, 5) is 29.7. The minimum absolute atomic E-state index is 0.0603. The first-order valence-electron chi connectivity index (χ1n) is 9.74. The SMILES string of the molecule is Cc1[nH]c2ccccc2c1C=NNC(=O)C(=Cc1cccs1)NC(=O)c1ccccc1Cl. The Morgan fingerprint density at radius 2 is 1.84 bits per heavy atom. The number of rotatable bonds is 6. The molecule has 0 atom stereocenters. The van der Waals surface area contributed by atoms with E-state index in [-0.39, 0.29) is 11.3 Å². The maximum Gasteiger partial charge on any atom is 0.287 e. The predicted octanol–water partition coefficient (Wildman–Crippen LogP) is 5.11. The van der Waals surface area contributed by atoms with Crippen LogP contribution in [0.2, 0.25) is 5.02 Å². The maximum atomic E-state index is 12.9. The van der Waals surface area contributed by atoms with Gasteiger partial charge in [0.25, 0.3) is 11.8 Å². The average Bonchev–Trinajstić information content (AvgIpc) is 3.41. The zero-order valence-corrected chi connectivity index (χ0v) is 18.6. The van der Waals surface area contributed by atoms with E-state index >= 15 is 0 Å². The van der Waals surface area contributed by atoms with Gasteiger partial charge in [0, 0.05) is 27.0 Å². The van der Waals surface area contributed by atoms with Gasteiger partial charge in [-0.2, -0.15) is 5.10 Å². The number of aromatic amines is 1. The van der Waals surface area contributed by atoms with Crippen LogP contribution in [0.5, 0.6) is 0 Å². The smallest absolute Gasteiger partial charge is 0.287 e. The molecule has 0 saturated heterocycles. The van der Waals surface area contributed by atoms with Crippen LogP contribution in [0.3, 0.4) is 0 Å². The molecule has 32 heavy (non-hydrogen) atoms. The van der Waals surface area contributed by atoms with Crippen molar-refractivity contribution in [3.05, 3.63) is 98.5 Å². The highest BCUT2D eigenvalue weighted by Crippen LogP contribution is 2.20. The molecule has 0 aliphatic carbocycles. The molecule has 0 saturated carbocycles. The fourth-order valence-corrected chi connectivity index (χ4v) is 4.07. The number of hydrogen-bond donors (Lipinski definition) is 3. The summed E-state index contributed by atoms with van der Waals surface area (Å²) in [6, 6.07) is 18.2. The Hall–Kier alpha value is -3.68. The highest BCUT2D eigenvalue weighted by molar-refractivity contribution is 7.10. The monoisotopic (exact) mass is 462 g/mol. The molecule has 6 nitrogen and oxygen atoms in total. The number of nitrogens with one attached hydrogen (secondary N) is 3. The molecular weight excluding hydrogens is 444 g/mol. The number of thiophene rings is 1. The number of carbonyl (C=O) groups is 2. The van der Waals surface area contributed by atoms with Gasteiger partial charge in [-0.3, -0.25) is 9.59 Å². The van der Waals surface area contributed by atoms with Gasteiger partial charge in [0.05, 0.1) is 16.8 Å². The van der Waals surface area contributed by atoms with Crippen LogP contribution >= 0.6 is 22.9 Å². The van der Waals surface area contributed by atoms with Crippen molar-refractivity contribution in [3.8, 4) is 0 Å². The molecule has 4 rings (SSSR count). The van der Waals surface area contributed by atoms with Crippen LogP contribution in [0.25, 0.3) is 17.0 Å². The van der Waals surface area contributed by atoms with Crippen molar-refractivity contribution in [2.45, 2.75) is 6.92 Å². The van der Waals surface area contributed by atoms with Gasteiger partial charge in [0.2, 0.25) is 0 Å². The van der Waals surface area contributed by atoms with Crippen LogP contribution in [0, 0.1) is 6.92 Å². The third kappa shape index (κ3) is 4.80. The molecule has 3 N–H and O–H groups in total. The van der Waals surface area contributed by atoms with Crippen molar-refractivity contribution in [1.29, 1.82) is 0 Å². The van der Waals surface area contributed by atoms with Gasteiger partial charge in [0.1, 0.15) is 5.70 Å². The second kappa shape index (κ2) is 9.64. The number of aryl methyl sites for hydroxylation is 1. The summed E-state index contributed by atoms with van der Waals surface area (Å²) in [5.74, 6) is -1.03. The molecule has 0 spiro atoms. The molecule has 4 aromatic rings. The summed E-state index contributed by atoms with van der Waals surface area (Å²) < 4.78 is 0. The van der Waals surface area contributed by atoms with Crippen molar-refractivity contribution >= 4 is 57.9 Å². The van der Waals surface area contributed by atoms with Gasteiger partial charge in [0.15, 0.2) is 0 Å². The molecule has 2 amide bonds. The van der Waals surface area contributed by atoms with Crippen molar-refractivity contribution in [2.24, 2.45) is 5.10 Å². The minimum atomic E-state index is -0.549. The highest BCUT2D eigenvalue weighted by Gasteiger charge is 2.16. The molecular formula is C24H19ClN4O2S. The molecule has 2 heterocycles. The first-order valence-corrected chi connectivity index (χ1v) is 11.0. The average molecular weight is 463 g/mol. The van der Waals surface area contributed by atoms with E-state index in [0.717, 1.165) is 27.0 Å². The van der Waals surface area contributed by atoms with Gasteiger partial charge < -0.3 is 10.3 Å². The fraction of sp³-hybridized carbons (Fsp3) is 0.0417. The Bertz CT molecular complexity index is 1340. The van der Waals surface area contributed by atoms with Crippen LogP contribution < -0.4 is 10.7 Å². The highest BCUT2D eigenvalue weighted by atomic mass is 35.5. The Kier molecular flexibility index (Phi) is 6.49. The lowest BCUT2D eigenvalue weighted by Gasteiger charge is -2.09. The molecule has 0 aliphatic rings. The first-order chi connectivity index (χ1) is 15.5. The zero-order chi connectivity index (χ0) is 22.5. The summed E-state index contributed by atoms with van der Waals surface area (Å²) in [6.45, 7) is 1.94. The molecule has 2 aromatic carbocycles. The lowest BCUT2D eigenvalue weighted by Crippen LogP contribution is -2.33. The molecule has 0 bridgehead atoms. The topological polar surface area (TPSA) is 86.3 Å².